The highest BCUT2D eigenvalue weighted by Gasteiger charge is 2.62. The molecule has 1 amide bonds. The summed E-state index contributed by atoms with van der Waals surface area (Å²) in [6.45, 7) is 2.39. The van der Waals surface area contributed by atoms with Gasteiger partial charge >= 0.3 is 0 Å². The van der Waals surface area contributed by atoms with E-state index in [0.717, 1.165) is 25.7 Å². The van der Waals surface area contributed by atoms with Crippen molar-refractivity contribution in [2.45, 2.75) is 69.6 Å². The number of rotatable bonds is 3. The van der Waals surface area contributed by atoms with Gasteiger partial charge in [0.05, 0.1) is 0 Å². The quantitative estimate of drug-likeness (QED) is 0.842. The number of aromatic nitrogens is 1. The standard InChI is InChI=1S/C25H31N3O2/c1-25-16-19-18(15-17-9-4-3-5-10-17)27(2)21(25)12-6-7-13-22(25)28(19)24(30)23-20(29)11-8-14-26-23/h3-5,8-11,14,18-19,21-22,29H,6-7,12-13,15-16H2,1-2H3/t18-,19-,21+,22-,25+/m0/s1. The Bertz CT molecular complexity index is 933. The monoisotopic (exact) mass is 405 g/mol. The third kappa shape index (κ3) is 2.94. The van der Waals surface area contributed by atoms with Gasteiger partial charge in [-0.15, -0.1) is 0 Å². The van der Waals surface area contributed by atoms with Crippen LogP contribution in [0.5, 0.6) is 5.75 Å². The van der Waals surface area contributed by atoms with Gasteiger partial charge in [-0.3, -0.25) is 9.69 Å². The fraction of sp³-hybridized carbons (Fsp3) is 0.520. The molecular formula is C25H31N3O2. The number of carbonyl (C=O) groups excluding carboxylic acids is 1. The molecule has 2 aromatic rings. The Labute approximate surface area is 178 Å². The van der Waals surface area contributed by atoms with Gasteiger partial charge in [0.15, 0.2) is 5.69 Å². The lowest BCUT2D eigenvalue weighted by Gasteiger charge is -2.49. The summed E-state index contributed by atoms with van der Waals surface area (Å²) < 4.78 is 0. The molecule has 158 valence electrons. The van der Waals surface area contributed by atoms with Crippen molar-refractivity contribution in [1.29, 1.82) is 0 Å². The molecule has 5 nitrogen and oxygen atoms in total. The van der Waals surface area contributed by atoms with Gasteiger partial charge in [-0.2, -0.15) is 0 Å². The van der Waals surface area contributed by atoms with E-state index in [4.69, 9.17) is 0 Å². The molecule has 2 aliphatic heterocycles. The Morgan fingerprint density at radius 2 is 1.87 bits per heavy atom. The molecule has 5 heteroatoms. The van der Waals surface area contributed by atoms with E-state index in [1.165, 1.54) is 18.4 Å². The molecule has 5 rings (SSSR count). The van der Waals surface area contributed by atoms with Crippen LogP contribution in [0, 0.1) is 5.41 Å². The minimum Gasteiger partial charge on any atom is -0.505 e. The van der Waals surface area contributed by atoms with Crippen LogP contribution in [-0.2, 0) is 6.42 Å². The second kappa shape index (κ2) is 7.38. The fourth-order valence-electron chi connectivity index (χ4n) is 6.67. The molecule has 3 aliphatic rings. The van der Waals surface area contributed by atoms with Crippen molar-refractivity contribution in [3.63, 3.8) is 0 Å². The molecule has 3 heterocycles. The molecule has 1 saturated carbocycles. The van der Waals surface area contributed by atoms with Crippen molar-refractivity contribution in [1.82, 2.24) is 14.8 Å². The van der Waals surface area contributed by atoms with Crippen molar-refractivity contribution < 1.29 is 9.90 Å². The minimum atomic E-state index is -0.110. The van der Waals surface area contributed by atoms with E-state index >= 15 is 0 Å². The van der Waals surface area contributed by atoms with Gasteiger partial charge in [-0.25, -0.2) is 4.98 Å². The maximum absolute atomic E-state index is 13.8. The lowest BCUT2D eigenvalue weighted by molar-refractivity contribution is 0.0155. The largest absolute Gasteiger partial charge is 0.505 e. The zero-order valence-electron chi connectivity index (χ0n) is 17.9. The third-order valence-electron chi connectivity index (χ3n) is 8.04. The van der Waals surface area contributed by atoms with Crippen LogP contribution in [0.15, 0.2) is 48.7 Å². The van der Waals surface area contributed by atoms with Crippen LogP contribution in [0.1, 0.15) is 55.1 Å². The van der Waals surface area contributed by atoms with Gasteiger partial charge in [0.25, 0.3) is 5.91 Å². The Morgan fingerprint density at radius 3 is 2.60 bits per heavy atom. The third-order valence-corrected chi connectivity index (χ3v) is 8.04. The summed E-state index contributed by atoms with van der Waals surface area (Å²) in [6, 6.07) is 14.9. The lowest BCUT2D eigenvalue weighted by atomic mass is 9.69. The lowest BCUT2D eigenvalue weighted by Crippen LogP contribution is -2.58. The average molecular weight is 406 g/mol. The summed E-state index contributed by atoms with van der Waals surface area (Å²) in [5.74, 6) is -0.131. The predicted octanol–water partition coefficient (Wildman–Crippen LogP) is 3.88. The molecule has 1 aromatic heterocycles. The molecule has 1 N–H and O–H groups in total. The van der Waals surface area contributed by atoms with Gasteiger partial charge in [0.1, 0.15) is 5.75 Å². The molecule has 1 aliphatic carbocycles. The summed E-state index contributed by atoms with van der Waals surface area (Å²) >= 11 is 0. The van der Waals surface area contributed by atoms with Crippen LogP contribution in [-0.4, -0.2) is 57.0 Å². The van der Waals surface area contributed by atoms with Crippen molar-refractivity contribution in [2.24, 2.45) is 5.41 Å². The number of hydrogen-bond acceptors (Lipinski definition) is 4. The minimum absolute atomic E-state index is 0.0211. The van der Waals surface area contributed by atoms with Crippen molar-refractivity contribution in [2.75, 3.05) is 7.05 Å². The highest BCUT2D eigenvalue weighted by atomic mass is 16.3. The normalized spacial score (nSPS) is 33.3. The van der Waals surface area contributed by atoms with Crippen molar-refractivity contribution in [3.8, 4) is 5.75 Å². The van der Waals surface area contributed by atoms with Crippen LogP contribution in [0.2, 0.25) is 0 Å². The molecule has 0 spiro atoms. The van der Waals surface area contributed by atoms with Gasteiger partial charge < -0.3 is 10.0 Å². The maximum atomic E-state index is 13.8. The second-order valence-electron chi connectivity index (χ2n) is 9.60. The molecule has 2 bridgehead atoms. The van der Waals surface area contributed by atoms with Crippen LogP contribution in [0.3, 0.4) is 0 Å². The van der Waals surface area contributed by atoms with E-state index in [0.29, 0.717) is 6.04 Å². The summed E-state index contributed by atoms with van der Waals surface area (Å²) in [5.41, 5.74) is 1.59. The van der Waals surface area contributed by atoms with E-state index < -0.39 is 0 Å². The molecular weight excluding hydrogens is 374 g/mol. The second-order valence-corrected chi connectivity index (χ2v) is 9.60. The van der Waals surface area contributed by atoms with E-state index in [9.17, 15) is 9.90 Å². The Morgan fingerprint density at radius 1 is 1.13 bits per heavy atom. The number of likely N-dealkylation sites (N-methyl/N-ethyl adjacent to an activating group) is 1. The van der Waals surface area contributed by atoms with Gasteiger partial charge in [0.2, 0.25) is 0 Å². The first kappa shape index (κ1) is 19.6. The first-order valence-electron chi connectivity index (χ1n) is 11.2. The molecule has 5 atom stereocenters. The maximum Gasteiger partial charge on any atom is 0.276 e. The molecule has 30 heavy (non-hydrogen) atoms. The number of amides is 1. The summed E-state index contributed by atoms with van der Waals surface area (Å²) in [6.07, 6.45) is 8.15. The van der Waals surface area contributed by atoms with Crippen LogP contribution < -0.4 is 0 Å². The Kier molecular flexibility index (Phi) is 4.81. The van der Waals surface area contributed by atoms with Crippen LogP contribution >= 0.6 is 0 Å². The van der Waals surface area contributed by atoms with Gasteiger partial charge in [-0.1, -0.05) is 50.1 Å². The molecule has 3 fully saturated rings. The van der Waals surface area contributed by atoms with E-state index in [1.54, 1.807) is 18.3 Å². The number of hydrogen-bond donors (Lipinski definition) is 1. The molecule has 2 saturated heterocycles. The molecule has 0 radical (unpaired) electrons. The Hall–Kier alpha value is -2.40. The number of carbonyl (C=O) groups is 1. The van der Waals surface area contributed by atoms with Gasteiger partial charge in [0, 0.05) is 35.8 Å². The fourth-order valence-corrected chi connectivity index (χ4v) is 6.67. The number of nitrogens with zero attached hydrogens (tertiary/aromatic N) is 3. The Balaban J connectivity index is 1.57. The zero-order chi connectivity index (χ0) is 20.9. The van der Waals surface area contributed by atoms with Crippen molar-refractivity contribution >= 4 is 5.91 Å². The summed E-state index contributed by atoms with van der Waals surface area (Å²) in [4.78, 5) is 22.7. The SMILES string of the molecule is CN1[C@@H](Cc2ccccc2)[C@@H]2C[C@@]3(C)[C@H](CCCC[C@@H]13)N2C(=O)c1ncccc1O. The summed E-state index contributed by atoms with van der Waals surface area (Å²) in [5, 5.41) is 10.4. The molecule has 1 aromatic carbocycles. The summed E-state index contributed by atoms with van der Waals surface area (Å²) in [7, 11) is 2.26. The number of fused-ring (bicyclic) bond motifs is 1. The van der Waals surface area contributed by atoms with E-state index in [2.05, 4.69) is 59.1 Å². The number of piperidine rings is 1. The highest BCUT2D eigenvalue weighted by molar-refractivity contribution is 5.95. The first-order valence-corrected chi connectivity index (χ1v) is 11.2. The molecule has 0 unspecified atom stereocenters. The average Bonchev–Trinajstić information content (AvgIpc) is 2.89. The van der Waals surface area contributed by atoms with E-state index in [-0.39, 0.29) is 40.9 Å². The van der Waals surface area contributed by atoms with Crippen molar-refractivity contribution in [3.05, 3.63) is 59.9 Å². The van der Waals surface area contributed by atoms with Gasteiger partial charge in [-0.05, 0) is 50.4 Å². The zero-order valence-corrected chi connectivity index (χ0v) is 17.9. The topological polar surface area (TPSA) is 56.7 Å². The van der Waals surface area contributed by atoms with Crippen LogP contribution in [0.4, 0.5) is 0 Å². The number of benzene rings is 1. The van der Waals surface area contributed by atoms with E-state index in [1.807, 2.05) is 0 Å². The van der Waals surface area contributed by atoms with Crippen LogP contribution in [0.25, 0.3) is 0 Å². The highest BCUT2D eigenvalue weighted by Crippen LogP contribution is 2.55. The predicted molar refractivity (Wildman–Crippen MR) is 116 cm³/mol. The number of likely N-dealkylation sites (tertiary alicyclic amines) is 2. The number of aromatic hydroxyl groups is 1. The smallest absolute Gasteiger partial charge is 0.276 e. The first-order chi connectivity index (χ1) is 14.5. The number of pyridine rings is 1.